The fourth-order valence-electron chi connectivity index (χ4n) is 1.56. The number of benzene rings is 1. The molecule has 0 aliphatic carbocycles. The van der Waals surface area contributed by atoms with Gasteiger partial charge in [-0.05, 0) is 31.4 Å². The van der Waals surface area contributed by atoms with Crippen molar-refractivity contribution in [3.63, 3.8) is 0 Å². The highest BCUT2D eigenvalue weighted by Gasteiger charge is 2.00. The Morgan fingerprint density at radius 3 is 2.56 bits per heavy atom. The van der Waals surface area contributed by atoms with E-state index < -0.39 is 0 Å². The standard InChI is InChI=1S/C14H21ClO/c1-2-13(15)9-5-4-8-12-16-14-10-6-3-7-11-14/h3,6-7,10-11,13H,2,4-5,8-9,12H2,1H3. The SMILES string of the molecule is CCC(Cl)CCCCCOc1ccccc1. The topological polar surface area (TPSA) is 9.23 Å². The number of ether oxygens (including phenoxy) is 1. The number of alkyl halides is 1. The molecule has 0 amide bonds. The van der Waals surface area contributed by atoms with Gasteiger partial charge < -0.3 is 4.74 Å². The van der Waals surface area contributed by atoms with Gasteiger partial charge in [0.05, 0.1) is 6.61 Å². The molecule has 0 bridgehead atoms. The van der Waals surface area contributed by atoms with Crippen LogP contribution in [0.2, 0.25) is 0 Å². The minimum Gasteiger partial charge on any atom is -0.494 e. The van der Waals surface area contributed by atoms with Gasteiger partial charge in [-0.15, -0.1) is 11.6 Å². The van der Waals surface area contributed by atoms with Gasteiger partial charge in [0.25, 0.3) is 0 Å². The molecular formula is C14H21ClO. The summed E-state index contributed by atoms with van der Waals surface area (Å²) in [6.45, 7) is 2.94. The lowest BCUT2D eigenvalue weighted by atomic mass is 10.1. The van der Waals surface area contributed by atoms with Crippen molar-refractivity contribution in [3.05, 3.63) is 30.3 Å². The molecule has 0 fully saturated rings. The smallest absolute Gasteiger partial charge is 0.119 e. The third-order valence-corrected chi connectivity index (χ3v) is 3.14. The fraction of sp³-hybridized carbons (Fsp3) is 0.571. The van der Waals surface area contributed by atoms with E-state index in [4.69, 9.17) is 16.3 Å². The van der Waals surface area contributed by atoms with Crippen LogP contribution in [-0.4, -0.2) is 12.0 Å². The molecule has 1 rings (SSSR count). The van der Waals surface area contributed by atoms with Crippen LogP contribution < -0.4 is 4.74 Å². The molecule has 2 heteroatoms. The van der Waals surface area contributed by atoms with Gasteiger partial charge in [0.1, 0.15) is 5.75 Å². The number of halogens is 1. The average molecular weight is 241 g/mol. The first-order valence-electron chi connectivity index (χ1n) is 6.15. The van der Waals surface area contributed by atoms with E-state index in [0.717, 1.165) is 31.6 Å². The molecule has 0 aliphatic heterocycles. The van der Waals surface area contributed by atoms with Crippen LogP contribution in [0.3, 0.4) is 0 Å². The van der Waals surface area contributed by atoms with Gasteiger partial charge in [-0.25, -0.2) is 0 Å². The highest BCUT2D eigenvalue weighted by molar-refractivity contribution is 6.20. The van der Waals surface area contributed by atoms with Crippen molar-refractivity contribution in [1.82, 2.24) is 0 Å². The summed E-state index contributed by atoms with van der Waals surface area (Å²) < 4.78 is 5.61. The minimum absolute atomic E-state index is 0.357. The molecule has 1 atom stereocenters. The van der Waals surface area contributed by atoms with Crippen LogP contribution >= 0.6 is 11.6 Å². The summed E-state index contributed by atoms with van der Waals surface area (Å²) in [5.41, 5.74) is 0. The van der Waals surface area contributed by atoms with Crippen molar-refractivity contribution in [3.8, 4) is 5.75 Å². The van der Waals surface area contributed by atoms with Crippen molar-refractivity contribution < 1.29 is 4.74 Å². The quantitative estimate of drug-likeness (QED) is 0.475. The van der Waals surface area contributed by atoms with Gasteiger partial charge in [0.15, 0.2) is 0 Å². The molecule has 0 aliphatic rings. The van der Waals surface area contributed by atoms with E-state index in [1.807, 2.05) is 30.3 Å². The maximum absolute atomic E-state index is 6.04. The first kappa shape index (κ1) is 13.4. The zero-order valence-corrected chi connectivity index (χ0v) is 10.7. The second-order valence-corrected chi connectivity index (χ2v) is 4.63. The summed E-state index contributed by atoms with van der Waals surface area (Å²) in [5.74, 6) is 0.964. The summed E-state index contributed by atoms with van der Waals surface area (Å²) in [4.78, 5) is 0. The van der Waals surface area contributed by atoms with Crippen molar-refractivity contribution in [2.45, 2.75) is 44.4 Å². The summed E-state index contributed by atoms with van der Waals surface area (Å²) in [6.07, 6.45) is 5.73. The third-order valence-electron chi connectivity index (χ3n) is 2.62. The maximum atomic E-state index is 6.04. The van der Waals surface area contributed by atoms with E-state index in [9.17, 15) is 0 Å². The summed E-state index contributed by atoms with van der Waals surface area (Å²) >= 11 is 6.04. The Morgan fingerprint density at radius 2 is 1.88 bits per heavy atom. The lowest BCUT2D eigenvalue weighted by Gasteiger charge is -2.07. The minimum atomic E-state index is 0.357. The molecule has 1 aromatic rings. The molecule has 16 heavy (non-hydrogen) atoms. The lowest BCUT2D eigenvalue weighted by Crippen LogP contribution is -1.99. The molecule has 1 aromatic carbocycles. The van der Waals surface area contributed by atoms with E-state index in [0.29, 0.717) is 5.38 Å². The first-order valence-corrected chi connectivity index (χ1v) is 6.58. The number of rotatable bonds is 8. The highest BCUT2D eigenvalue weighted by Crippen LogP contribution is 2.13. The molecule has 0 spiro atoms. The second kappa shape index (κ2) is 8.46. The maximum Gasteiger partial charge on any atom is 0.119 e. The molecule has 1 nitrogen and oxygen atoms in total. The second-order valence-electron chi connectivity index (χ2n) is 4.02. The Kier molecular flexibility index (Phi) is 7.07. The third kappa shape index (κ3) is 6.02. The van der Waals surface area contributed by atoms with Gasteiger partial charge in [-0.1, -0.05) is 38.0 Å². The molecule has 0 heterocycles. The van der Waals surface area contributed by atoms with Crippen LogP contribution in [0, 0.1) is 0 Å². The van der Waals surface area contributed by atoms with Crippen LogP contribution in [0.1, 0.15) is 39.0 Å². The summed E-state index contributed by atoms with van der Waals surface area (Å²) in [6, 6.07) is 9.97. The predicted molar refractivity (Wildman–Crippen MR) is 70.3 cm³/mol. The first-order chi connectivity index (χ1) is 7.83. The van der Waals surface area contributed by atoms with Gasteiger partial charge in [-0.2, -0.15) is 0 Å². The van der Waals surface area contributed by atoms with Crippen LogP contribution in [0.15, 0.2) is 30.3 Å². The lowest BCUT2D eigenvalue weighted by molar-refractivity contribution is 0.304. The van der Waals surface area contributed by atoms with Crippen LogP contribution in [0.25, 0.3) is 0 Å². The number of para-hydroxylation sites is 1. The van der Waals surface area contributed by atoms with E-state index in [1.165, 1.54) is 12.8 Å². The fourth-order valence-corrected chi connectivity index (χ4v) is 1.71. The van der Waals surface area contributed by atoms with Gasteiger partial charge in [0, 0.05) is 5.38 Å². The van der Waals surface area contributed by atoms with Crippen molar-refractivity contribution in [1.29, 1.82) is 0 Å². The Balaban J connectivity index is 1.96. The Hall–Kier alpha value is -0.690. The molecule has 0 saturated heterocycles. The normalized spacial score (nSPS) is 12.4. The predicted octanol–water partition coefficient (Wildman–Crippen LogP) is 4.64. The van der Waals surface area contributed by atoms with Gasteiger partial charge >= 0.3 is 0 Å². The van der Waals surface area contributed by atoms with Crippen LogP contribution in [0.4, 0.5) is 0 Å². The van der Waals surface area contributed by atoms with Crippen molar-refractivity contribution in [2.24, 2.45) is 0 Å². The number of hydrogen-bond donors (Lipinski definition) is 0. The molecule has 0 saturated carbocycles. The Bertz CT molecular complexity index is 261. The zero-order valence-electron chi connectivity index (χ0n) is 9.99. The molecule has 90 valence electrons. The summed E-state index contributed by atoms with van der Waals surface area (Å²) in [5, 5.41) is 0.357. The molecule has 0 radical (unpaired) electrons. The monoisotopic (exact) mass is 240 g/mol. The number of hydrogen-bond acceptors (Lipinski definition) is 1. The largest absolute Gasteiger partial charge is 0.494 e. The zero-order chi connectivity index (χ0) is 11.6. The summed E-state index contributed by atoms with van der Waals surface area (Å²) in [7, 11) is 0. The van der Waals surface area contributed by atoms with E-state index in [-0.39, 0.29) is 0 Å². The van der Waals surface area contributed by atoms with Crippen LogP contribution in [-0.2, 0) is 0 Å². The van der Waals surface area contributed by atoms with Gasteiger partial charge in [-0.3, -0.25) is 0 Å². The average Bonchev–Trinajstić information content (AvgIpc) is 2.34. The highest BCUT2D eigenvalue weighted by atomic mass is 35.5. The van der Waals surface area contributed by atoms with Crippen LogP contribution in [0.5, 0.6) is 5.75 Å². The van der Waals surface area contributed by atoms with Crippen molar-refractivity contribution in [2.75, 3.05) is 6.61 Å². The molecular weight excluding hydrogens is 220 g/mol. The van der Waals surface area contributed by atoms with E-state index >= 15 is 0 Å². The molecule has 1 unspecified atom stereocenters. The van der Waals surface area contributed by atoms with E-state index in [1.54, 1.807) is 0 Å². The molecule has 0 N–H and O–H groups in total. The number of unbranched alkanes of at least 4 members (excludes halogenated alkanes) is 2. The Morgan fingerprint density at radius 1 is 1.12 bits per heavy atom. The van der Waals surface area contributed by atoms with E-state index in [2.05, 4.69) is 6.92 Å². The van der Waals surface area contributed by atoms with Crippen molar-refractivity contribution >= 4 is 11.6 Å². The van der Waals surface area contributed by atoms with Gasteiger partial charge in [0.2, 0.25) is 0 Å². The molecule has 0 aromatic heterocycles. The Labute approximate surface area is 104 Å².